The number of ether oxygens (including phenoxy) is 1. The van der Waals surface area contributed by atoms with E-state index in [1.807, 2.05) is 6.07 Å². The number of rotatable bonds is 3. The van der Waals surface area contributed by atoms with Crippen LogP contribution in [0.15, 0.2) is 64.5 Å². The lowest BCUT2D eigenvalue weighted by molar-refractivity contribution is 0.126. The molecule has 0 fully saturated rings. The number of hydrogen-bond donors (Lipinski definition) is 0. The number of fused-ring (bicyclic) bond motifs is 3. The number of furan rings is 1. The maximum atomic E-state index is 6.68. The van der Waals surface area contributed by atoms with Gasteiger partial charge in [0.25, 0.3) is 0 Å². The second kappa shape index (κ2) is 7.16. The number of pyridine rings is 1. The van der Waals surface area contributed by atoms with Gasteiger partial charge in [0, 0.05) is 28.5 Å². The van der Waals surface area contributed by atoms with E-state index in [0.29, 0.717) is 5.71 Å². The summed E-state index contributed by atoms with van der Waals surface area (Å²) >= 11 is 0. The van der Waals surface area contributed by atoms with E-state index in [0.717, 1.165) is 39.1 Å². The monoisotopic (exact) mass is 412 g/mol. The Bertz CT molecular complexity index is 1330. The Morgan fingerprint density at radius 1 is 0.871 bits per heavy atom. The van der Waals surface area contributed by atoms with E-state index in [1.54, 1.807) is 6.20 Å². The highest BCUT2D eigenvalue weighted by molar-refractivity contribution is 6.08. The second-order valence-corrected chi connectivity index (χ2v) is 8.82. The van der Waals surface area contributed by atoms with E-state index >= 15 is 0 Å². The van der Waals surface area contributed by atoms with Crippen LogP contribution >= 0.6 is 0 Å². The first-order chi connectivity index (χ1) is 14.9. The van der Waals surface area contributed by atoms with Gasteiger partial charge in [-0.05, 0) is 56.5 Å². The van der Waals surface area contributed by atoms with Crippen molar-refractivity contribution in [1.29, 1.82) is 0 Å². The maximum Gasteiger partial charge on any atom is 0.227 e. The number of anilines is 1. The van der Waals surface area contributed by atoms with Crippen LogP contribution in [-0.4, -0.2) is 4.98 Å². The molecule has 31 heavy (non-hydrogen) atoms. The number of aromatic nitrogens is 1. The van der Waals surface area contributed by atoms with Crippen LogP contribution in [0.4, 0.5) is 5.69 Å². The molecule has 0 radical (unpaired) electrons. The third-order valence-electron chi connectivity index (χ3n) is 6.34. The molecule has 158 valence electrons. The molecule has 4 aromatic rings. The summed E-state index contributed by atoms with van der Waals surface area (Å²) in [5.41, 5.74) is 8.52. The Hall–Kier alpha value is -3.27. The van der Waals surface area contributed by atoms with Crippen LogP contribution in [0.2, 0.25) is 0 Å². The zero-order chi connectivity index (χ0) is 21.9. The third-order valence-corrected chi connectivity index (χ3v) is 6.34. The van der Waals surface area contributed by atoms with Crippen LogP contribution in [0.1, 0.15) is 49.3 Å². The van der Waals surface area contributed by atoms with Gasteiger partial charge >= 0.3 is 0 Å². The highest BCUT2D eigenvalue weighted by Gasteiger charge is 2.38. The van der Waals surface area contributed by atoms with Crippen LogP contribution in [0.25, 0.3) is 22.1 Å². The molecule has 2 aromatic heterocycles. The molecule has 1 aliphatic heterocycles. The third kappa shape index (κ3) is 2.93. The Morgan fingerprint density at radius 2 is 1.61 bits per heavy atom. The summed E-state index contributed by atoms with van der Waals surface area (Å²) in [7, 11) is 0. The zero-order valence-corrected chi connectivity index (χ0v) is 19.0. The fraction of sp³-hybridized carbons (Fsp3) is 0.296. The van der Waals surface area contributed by atoms with Crippen LogP contribution in [-0.2, 0) is 4.74 Å². The van der Waals surface area contributed by atoms with Crippen molar-refractivity contribution in [2.24, 2.45) is 5.92 Å². The van der Waals surface area contributed by atoms with Gasteiger partial charge in [-0.1, -0.05) is 44.2 Å². The second-order valence-electron chi connectivity index (χ2n) is 8.82. The quantitative estimate of drug-likeness (QED) is 0.353. The number of hydrogen-bond acceptors (Lipinski definition) is 4. The van der Waals surface area contributed by atoms with Crippen LogP contribution in [0.5, 0.6) is 0 Å². The molecule has 2 aromatic carbocycles. The largest absolute Gasteiger partial charge is 0.468 e. The van der Waals surface area contributed by atoms with Gasteiger partial charge in [-0.3, -0.25) is 4.90 Å². The summed E-state index contributed by atoms with van der Waals surface area (Å²) in [6.07, 6.45) is 1.54. The highest BCUT2D eigenvalue weighted by Crippen LogP contribution is 2.48. The molecule has 0 saturated carbocycles. The molecule has 1 unspecified atom stereocenters. The predicted octanol–water partition coefficient (Wildman–Crippen LogP) is 7.33. The minimum atomic E-state index is -0.232. The van der Waals surface area contributed by atoms with Crippen molar-refractivity contribution < 1.29 is 9.15 Å². The minimum absolute atomic E-state index is 0.232. The van der Waals surface area contributed by atoms with Crippen molar-refractivity contribution in [2.45, 2.75) is 47.8 Å². The van der Waals surface area contributed by atoms with Gasteiger partial charge in [0.1, 0.15) is 5.76 Å². The van der Waals surface area contributed by atoms with Gasteiger partial charge in [0.05, 0.1) is 11.4 Å². The van der Waals surface area contributed by atoms with Gasteiger partial charge in [0.2, 0.25) is 11.9 Å². The molecule has 3 heterocycles. The molecule has 0 spiro atoms. The first-order valence-corrected chi connectivity index (χ1v) is 10.9. The van der Waals surface area contributed by atoms with Gasteiger partial charge in [0.15, 0.2) is 5.58 Å². The highest BCUT2D eigenvalue weighted by atomic mass is 16.5. The van der Waals surface area contributed by atoms with E-state index in [4.69, 9.17) is 9.15 Å². The van der Waals surface area contributed by atoms with Crippen molar-refractivity contribution in [1.82, 2.24) is 4.98 Å². The molecule has 0 amide bonds. The normalized spacial score (nSPS) is 16.7. The summed E-state index contributed by atoms with van der Waals surface area (Å²) in [6, 6.07) is 14.7. The first kappa shape index (κ1) is 19.7. The molecule has 1 atom stereocenters. The topological polar surface area (TPSA) is 38.5 Å². The maximum absolute atomic E-state index is 6.68. The molecule has 0 N–H and O–H groups in total. The summed E-state index contributed by atoms with van der Waals surface area (Å²) in [5.74, 6) is 1.31. The Morgan fingerprint density at radius 3 is 2.32 bits per heavy atom. The molecule has 4 nitrogen and oxygen atoms in total. The molecular formula is C27H28N2O2. The molecule has 0 aliphatic carbocycles. The van der Waals surface area contributed by atoms with Gasteiger partial charge in [-0.2, -0.15) is 0 Å². The molecule has 5 rings (SSSR count). The number of benzene rings is 2. The van der Waals surface area contributed by atoms with E-state index in [1.165, 1.54) is 16.7 Å². The van der Waals surface area contributed by atoms with Crippen molar-refractivity contribution >= 4 is 27.8 Å². The average Bonchev–Trinajstić information content (AvgIpc) is 3.26. The van der Waals surface area contributed by atoms with Crippen molar-refractivity contribution in [3.63, 3.8) is 0 Å². The fourth-order valence-corrected chi connectivity index (χ4v) is 4.85. The lowest BCUT2D eigenvalue weighted by atomic mass is 9.99. The molecule has 0 saturated heterocycles. The minimum Gasteiger partial charge on any atom is -0.468 e. The van der Waals surface area contributed by atoms with Crippen molar-refractivity contribution in [3.8, 4) is 0 Å². The zero-order valence-electron chi connectivity index (χ0n) is 19.0. The van der Waals surface area contributed by atoms with Crippen molar-refractivity contribution in [3.05, 3.63) is 82.4 Å². The lowest BCUT2D eigenvalue weighted by Gasteiger charge is -2.30. The smallest absolute Gasteiger partial charge is 0.227 e. The average molecular weight is 413 g/mol. The number of nitrogens with zero attached hydrogens (tertiary/aromatic N) is 2. The van der Waals surface area contributed by atoms with E-state index < -0.39 is 0 Å². The first-order valence-electron chi connectivity index (χ1n) is 10.9. The SMILES string of the molecule is CC1=C(C(C)C)OC(c2c(C)cccc2C)N1c1c(C)ccc2c1oc1ncccc12. The van der Waals surface area contributed by atoms with E-state index in [-0.39, 0.29) is 12.1 Å². The number of aryl methyl sites for hydroxylation is 3. The molecule has 1 aliphatic rings. The molecule has 0 bridgehead atoms. The number of allylic oxidation sites excluding steroid dienone is 2. The molecule has 4 heteroatoms. The summed E-state index contributed by atoms with van der Waals surface area (Å²) in [5, 5.41) is 2.11. The van der Waals surface area contributed by atoms with Gasteiger partial charge in [-0.25, -0.2) is 4.98 Å². The van der Waals surface area contributed by atoms with E-state index in [2.05, 4.69) is 87.8 Å². The van der Waals surface area contributed by atoms with Gasteiger partial charge < -0.3 is 9.15 Å². The summed E-state index contributed by atoms with van der Waals surface area (Å²) < 4.78 is 13.0. The van der Waals surface area contributed by atoms with Crippen LogP contribution in [0.3, 0.4) is 0 Å². The van der Waals surface area contributed by atoms with Crippen LogP contribution < -0.4 is 4.90 Å². The summed E-state index contributed by atoms with van der Waals surface area (Å²) in [4.78, 5) is 6.78. The lowest BCUT2D eigenvalue weighted by Crippen LogP contribution is -2.25. The Labute approximate surface area is 183 Å². The molecular weight excluding hydrogens is 384 g/mol. The van der Waals surface area contributed by atoms with Gasteiger partial charge in [-0.15, -0.1) is 0 Å². The Kier molecular flexibility index (Phi) is 4.54. The van der Waals surface area contributed by atoms with E-state index in [9.17, 15) is 0 Å². The standard InChI is InChI=1S/C27H28N2O2/c1-15(2)24-19(6)29(27(31-24)22-16(3)9-7-10-17(22)4)23-18(5)12-13-20-21-11-8-14-28-26(21)30-25(20)23/h7-15,27H,1-6H3. The fourth-order valence-electron chi connectivity index (χ4n) is 4.85. The Balaban J connectivity index is 1.82. The van der Waals surface area contributed by atoms with Crippen molar-refractivity contribution in [2.75, 3.05) is 4.90 Å². The summed E-state index contributed by atoms with van der Waals surface area (Å²) in [6.45, 7) is 13.0. The van der Waals surface area contributed by atoms with Crippen LogP contribution in [0, 0.1) is 26.7 Å². The predicted molar refractivity (Wildman–Crippen MR) is 126 cm³/mol.